The zero-order valence-corrected chi connectivity index (χ0v) is 11.3. The number of phenolic OH excluding ortho intramolecular Hbond substituents is 1. The van der Waals surface area contributed by atoms with Gasteiger partial charge in [0.25, 0.3) is 5.91 Å². The van der Waals surface area contributed by atoms with Crippen LogP contribution in [0.25, 0.3) is 0 Å². The molecular weight excluding hydrogens is 256 g/mol. The number of ether oxygens (including phenoxy) is 1. The molecule has 1 amide bonds. The van der Waals surface area contributed by atoms with Crippen LogP contribution in [0.4, 0.5) is 11.4 Å². The summed E-state index contributed by atoms with van der Waals surface area (Å²) in [5.74, 6) is 0.277. The van der Waals surface area contributed by atoms with Crippen molar-refractivity contribution in [2.24, 2.45) is 0 Å². The van der Waals surface area contributed by atoms with E-state index in [0.29, 0.717) is 22.7 Å². The minimum absolute atomic E-state index is 0.149. The molecule has 2 aromatic rings. The van der Waals surface area contributed by atoms with Crippen molar-refractivity contribution in [3.8, 4) is 11.5 Å². The Kier molecular flexibility index (Phi) is 3.79. The predicted molar refractivity (Wildman–Crippen MR) is 78.2 cm³/mol. The third-order valence-electron chi connectivity index (χ3n) is 3.02. The van der Waals surface area contributed by atoms with Gasteiger partial charge in [-0.05, 0) is 36.4 Å². The molecule has 20 heavy (non-hydrogen) atoms. The van der Waals surface area contributed by atoms with Gasteiger partial charge in [0.15, 0.2) is 5.75 Å². The number of aromatic hydroxyl groups is 1. The van der Waals surface area contributed by atoms with Gasteiger partial charge in [0.2, 0.25) is 0 Å². The van der Waals surface area contributed by atoms with Gasteiger partial charge in [-0.25, -0.2) is 0 Å². The SMILES string of the molecule is COc1c(N)cccc1C(=O)N(C)c1ccc(O)cc1. The number of para-hydroxylation sites is 1. The Bertz CT molecular complexity index is 624. The maximum Gasteiger partial charge on any atom is 0.261 e. The fourth-order valence-corrected chi connectivity index (χ4v) is 1.93. The molecule has 0 saturated heterocycles. The van der Waals surface area contributed by atoms with Crippen LogP contribution in [0.1, 0.15) is 10.4 Å². The van der Waals surface area contributed by atoms with E-state index in [0.717, 1.165) is 0 Å². The van der Waals surface area contributed by atoms with Crippen LogP contribution in [0.3, 0.4) is 0 Å². The summed E-state index contributed by atoms with van der Waals surface area (Å²) in [6.07, 6.45) is 0. The number of carbonyl (C=O) groups excluding carboxylic acids is 1. The second-order valence-corrected chi connectivity index (χ2v) is 4.31. The lowest BCUT2D eigenvalue weighted by atomic mass is 10.1. The van der Waals surface area contributed by atoms with Gasteiger partial charge in [-0.3, -0.25) is 4.79 Å². The number of nitrogens with two attached hydrogens (primary N) is 1. The summed E-state index contributed by atoms with van der Waals surface area (Å²) in [6.45, 7) is 0. The number of benzene rings is 2. The molecule has 0 unspecified atom stereocenters. The summed E-state index contributed by atoms with van der Waals surface area (Å²) >= 11 is 0. The number of methoxy groups -OCH3 is 1. The fourth-order valence-electron chi connectivity index (χ4n) is 1.93. The molecule has 3 N–H and O–H groups in total. The summed E-state index contributed by atoms with van der Waals surface area (Å²) in [5.41, 5.74) is 7.27. The highest BCUT2D eigenvalue weighted by Gasteiger charge is 2.19. The number of nitrogens with zero attached hydrogens (tertiary/aromatic N) is 1. The first-order valence-electron chi connectivity index (χ1n) is 6.04. The van der Waals surface area contributed by atoms with Crippen molar-refractivity contribution in [2.75, 3.05) is 24.8 Å². The minimum atomic E-state index is -0.236. The van der Waals surface area contributed by atoms with Gasteiger partial charge in [-0.15, -0.1) is 0 Å². The second-order valence-electron chi connectivity index (χ2n) is 4.31. The summed E-state index contributed by atoms with van der Waals surface area (Å²) < 4.78 is 5.19. The van der Waals surface area contributed by atoms with Crippen LogP contribution < -0.4 is 15.4 Å². The lowest BCUT2D eigenvalue weighted by Crippen LogP contribution is -2.26. The van der Waals surface area contributed by atoms with Gasteiger partial charge in [-0.1, -0.05) is 6.07 Å². The number of anilines is 2. The van der Waals surface area contributed by atoms with Crippen LogP contribution >= 0.6 is 0 Å². The standard InChI is InChI=1S/C15H16N2O3/c1-17(10-6-8-11(18)9-7-10)15(19)12-4-3-5-13(16)14(12)20-2/h3-9,18H,16H2,1-2H3. The third kappa shape index (κ3) is 2.51. The number of hydrogen-bond acceptors (Lipinski definition) is 4. The first-order valence-corrected chi connectivity index (χ1v) is 6.04. The molecule has 0 saturated carbocycles. The first kappa shape index (κ1) is 13.7. The third-order valence-corrected chi connectivity index (χ3v) is 3.02. The largest absolute Gasteiger partial charge is 0.508 e. The van der Waals surface area contributed by atoms with E-state index in [-0.39, 0.29) is 11.7 Å². The topological polar surface area (TPSA) is 75.8 Å². The molecular formula is C15H16N2O3. The Balaban J connectivity index is 2.36. The average Bonchev–Trinajstić information content (AvgIpc) is 2.46. The molecule has 0 bridgehead atoms. The molecule has 0 aliphatic rings. The number of phenols is 1. The summed E-state index contributed by atoms with van der Waals surface area (Å²) in [5, 5.41) is 9.27. The highest BCUT2D eigenvalue weighted by molar-refractivity contribution is 6.08. The number of rotatable bonds is 3. The number of hydrogen-bond donors (Lipinski definition) is 2. The number of carbonyl (C=O) groups is 1. The molecule has 0 fully saturated rings. The summed E-state index contributed by atoms with van der Waals surface area (Å²) in [4.78, 5) is 14.0. The molecule has 104 valence electrons. The Morgan fingerprint density at radius 2 is 1.85 bits per heavy atom. The van der Waals surface area contributed by atoms with E-state index in [2.05, 4.69) is 0 Å². The van der Waals surface area contributed by atoms with E-state index in [4.69, 9.17) is 10.5 Å². The van der Waals surface area contributed by atoms with Crippen LogP contribution in [0, 0.1) is 0 Å². The van der Waals surface area contributed by atoms with E-state index in [1.54, 1.807) is 37.4 Å². The molecule has 0 aliphatic carbocycles. The van der Waals surface area contributed by atoms with Crippen molar-refractivity contribution in [3.05, 3.63) is 48.0 Å². The highest BCUT2D eigenvalue weighted by Crippen LogP contribution is 2.28. The zero-order chi connectivity index (χ0) is 14.7. The van der Waals surface area contributed by atoms with Crippen LogP contribution in [-0.2, 0) is 0 Å². The Morgan fingerprint density at radius 3 is 2.45 bits per heavy atom. The second kappa shape index (κ2) is 5.52. The van der Waals surface area contributed by atoms with Crippen LogP contribution in [0.15, 0.2) is 42.5 Å². The molecule has 2 aromatic carbocycles. The molecule has 5 heteroatoms. The van der Waals surface area contributed by atoms with Crippen LogP contribution in [-0.4, -0.2) is 25.2 Å². The quantitative estimate of drug-likeness (QED) is 0.840. The Labute approximate surface area is 117 Å². The Morgan fingerprint density at radius 1 is 1.20 bits per heavy atom. The van der Waals surface area contributed by atoms with Crippen LogP contribution in [0.5, 0.6) is 11.5 Å². The van der Waals surface area contributed by atoms with Gasteiger partial charge in [0, 0.05) is 12.7 Å². The minimum Gasteiger partial charge on any atom is -0.508 e. The molecule has 0 radical (unpaired) electrons. The van der Waals surface area contributed by atoms with Crippen molar-refractivity contribution in [1.82, 2.24) is 0 Å². The normalized spacial score (nSPS) is 10.1. The van der Waals surface area contributed by atoms with E-state index >= 15 is 0 Å². The number of nitrogen functional groups attached to an aromatic ring is 1. The first-order chi connectivity index (χ1) is 9.54. The smallest absolute Gasteiger partial charge is 0.261 e. The van der Waals surface area contributed by atoms with Crippen molar-refractivity contribution < 1.29 is 14.6 Å². The number of amides is 1. The molecule has 0 spiro atoms. The Hall–Kier alpha value is -2.69. The van der Waals surface area contributed by atoms with Gasteiger partial charge in [-0.2, -0.15) is 0 Å². The molecule has 2 rings (SSSR count). The van der Waals surface area contributed by atoms with Crippen LogP contribution in [0.2, 0.25) is 0 Å². The highest BCUT2D eigenvalue weighted by atomic mass is 16.5. The molecule has 0 heterocycles. The molecule has 0 aliphatic heterocycles. The van der Waals surface area contributed by atoms with E-state index in [1.807, 2.05) is 0 Å². The maximum atomic E-state index is 12.5. The van der Waals surface area contributed by atoms with Gasteiger partial charge >= 0.3 is 0 Å². The van der Waals surface area contributed by atoms with Gasteiger partial charge in [0.1, 0.15) is 5.75 Å². The lowest BCUT2D eigenvalue weighted by Gasteiger charge is -2.19. The summed E-state index contributed by atoms with van der Waals surface area (Å²) in [7, 11) is 3.13. The van der Waals surface area contributed by atoms with Crippen molar-refractivity contribution in [2.45, 2.75) is 0 Å². The van der Waals surface area contributed by atoms with Crippen molar-refractivity contribution in [3.63, 3.8) is 0 Å². The average molecular weight is 272 g/mol. The summed E-state index contributed by atoms with van der Waals surface area (Å²) in [6, 6.07) is 11.4. The molecule has 0 atom stereocenters. The van der Waals surface area contributed by atoms with E-state index in [1.165, 1.54) is 24.1 Å². The fraction of sp³-hybridized carbons (Fsp3) is 0.133. The molecule has 5 nitrogen and oxygen atoms in total. The van der Waals surface area contributed by atoms with E-state index < -0.39 is 0 Å². The van der Waals surface area contributed by atoms with E-state index in [9.17, 15) is 9.90 Å². The predicted octanol–water partition coefficient (Wildman–Crippen LogP) is 2.26. The maximum absolute atomic E-state index is 12.5. The zero-order valence-electron chi connectivity index (χ0n) is 11.3. The monoisotopic (exact) mass is 272 g/mol. The lowest BCUT2D eigenvalue weighted by molar-refractivity contribution is 0.0990. The molecule has 0 aromatic heterocycles. The van der Waals surface area contributed by atoms with Crippen molar-refractivity contribution >= 4 is 17.3 Å². The van der Waals surface area contributed by atoms with Gasteiger partial charge in [0.05, 0.1) is 18.4 Å². The van der Waals surface area contributed by atoms with Gasteiger partial charge < -0.3 is 20.5 Å². The van der Waals surface area contributed by atoms with Crippen molar-refractivity contribution in [1.29, 1.82) is 0 Å².